The SMILES string of the molecule is CC(C)CSCc1nc(N)cc(C2CC2)n1. The van der Waals surface area contributed by atoms with Gasteiger partial charge in [0.2, 0.25) is 0 Å². The second-order valence-electron chi connectivity index (χ2n) is 4.82. The van der Waals surface area contributed by atoms with E-state index in [1.165, 1.54) is 12.8 Å². The number of hydrogen-bond acceptors (Lipinski definition) is 4. The molecule has 4 heteroatoms. The molecule has 2 N–H and O–H groups in total. The third-order valence-electron chi connectivity index (χ3n) is 2.49. The number of nitrogens with two attached hydrogens (primary N) is 1. The molecule has 0 bridgehead atoms. The van der Waals surface area contributed by atoms with Crippen molar-refractivity contribution < 1.29 is 0 Å². The predicted molar refractivity (Wildman–Crippen MR) is 69.4 cm³/mol. The zero-order chi connectivity index (χ0) is 11.5. The van der Waals surface area contributed by atoms with Gasteiger partial charge in [-0.1, -0.05) is 13.8 Å². The zero-order valence-electron chi connectivity index (χ0n) is 9.94. The molecule has 88 valence electrons. The Balaban J connectivity index is 1.97. The van der Waals surface area contributed by atoms with Gasteiger partial charge in [0.15, 0.2) is 0 Å². The van der Waals surface area contributed by atoms with Crippen LogP contribution in [0.3, 0.4) is 0 Å². The number of anilines is 1. The summed E-state index contributed by atoms with van der Waals surface area (Å²) >= 11 is 1.88. The van der Waals surface area contributed by atoms with Crippen molar-refractivity contribution in [2.75, 3.05) is 11.5 Å². The molecular formula is C12H19N3S. The highest BCUT2D eigenvalue weighted by molar-refractivity contribution is 7.98. The van der Waals surface area contributed by atoms with Crippen LogP contribution in [0.4, 0.5) is 5.82 Å². The van der Waals surface area contributed by atoms with Crippen molar-refractivity contribution in [3.63, 3.8) is 0 Å². The first-order valence-electron chi connectivity index (χ1n) is 5.86. The van der Waals surface area contributed by atoms with E-state index in [0.717, 1.165) is 23.0 Å². The maximum atomic E-state index is 5.80. The molecule has 0 aliphatic heterocycles. The summed E-state index contributed by atoms with van der Waals surface area (Å²) in [5.41, 5.74) is 6.94. The number of nitrogen functional groups attached to an aromatic ring is 1. The van der Waals surface area contributed by atoms with Gasteiger partial charge < -0.3 is 5.73 Å². The van der Waals surface area contributed by atoms with Crippen LogP contribution in [0, 0.1) is 5.92 Å². The van der Waals surface area contributed by atoms with Gasteiger partial charge in [0, 0.05) is 17.7 Å². The fourth-order valence-electron chi connectivity index (χ4n) is 1.58. The summed E-state index contributed by atoms with van der Waals surface area (Å²) < 4.78 is 0. The van der Waals surface area contributed by atoms with Gasteiger partial charge in [0.25, 0.3) is 0 Å². The van der Waals surface area contributed by atoms with Crippen LogP contribution in [0.25, 0.3) is 0 Å². The molecule has 0 amide bonds. The van der Waals surface area contributed by atoms with E-state index in [9.17, 15) is 0 Å². The highest BCUT2D eigenvalue weighted by Gasteiger charge is 2.25. The Hall–Kier alpha value is -0.770. The third-order valence-corrected chi connectivity index (χ3v) is 3.85. The highest BCUT2D eigenvalue weighted by atomic mass is 32.2. The van der Waals surface area contributed by atoms with Crippen LogP contribution in [0.15, 0.2) is 6.07 Å². The fraction of sp³-hybridized carbons (Fsp3) is 0.667. The topological polar surface area (TPSA) is 51.8 Å². The second-order valence-corrected chi connectivity index (χ2v) is 5.85. The summed E-state index contributed by atoms with van der Waals surface area (Å²) in [6.07, 6.45) is 2.52. The summed E-state index contributed by atoms with van der Waals surface area (Å²) in [5, 5.41) is 0. The molecule has 1 heterocycles. The lowest BCUT2D eigenvalue weighted by Crippen LogP contribution is -2.02. The quantitative estimate of drug-likeness (QED) is 0.855. The van der Waals surface area contributed by atoms with Crippen molar-refractivity contribution in [2.45, 2.75) is 38.4 Å². The van der Waals surface area contributed by atoms with Crippen LogP contribution in [0.2, 0.25) is 0 Å². The van der Waals surface area contributed by atoms with E-state index in [0.29, 0.717) is 17.7 Å². The van der Waals surface area contributed by atoms with Gasteiger partial charge in [0.1, 0.15) is 11.6 Å². The van der Waals surface area contributed by atoms with Crippen molar-refractivity contribution in [3.8, 4) is 0 Å². The number of nitrogens with zero attached hydrogens (tertiary/aromatic N) is 2. The monoisotopic (exact) mass is 237 g/mol. The molecule has 0 unspecified atom stereocenters. The maximum absolute atomic E-state index is 5.80. The molecule has 0 spiro atoms. The molecule has 0 atom stereocenters. The van der Waals surface area contributed by atoms with Gasteiger partial charge >= 0.3 is 0 Å². The van der Waals surface area contributed by atoms with E-state index in [1.54, 1.807) is 0 Å². The molecule has 16 heavy (non-hydrogen) atoms. The Bertz CT molecular complexity index is 361. The number of thioether (sulfide) groups is 1. The Morgan fingerprint density at radius 3 is 2.81 bits per heavy atom. The Labute approximate surface area is 101 Å². The number of aromatic nitrogens is 2. The van der Waals surface area contributed by atoms with Crippen molar-refractivity contribution >= 4 is 17.6 Å². The lowest BCUT2D eigenvalue weighted by atomic mass is 10.3. The van der Waals surface area contributed by atoms with Crippen LogP contribution < -0.4 is 5.73 Å². The van der Waals surface area contributed by atoms with Crippen molar-refractivity contribution in [1.29, 1.82) is 0 Å². The summed E-state index contributed by atoms with van der Waals surface area (Å²) in [6, 6.07) is 1.92. The standard InChI is InChI=1S/C12H19N3S/c1-8(2)6-16-7-12-14-10(9-3-4-9)5-11(13)15-12/h5,8-9H,3-4,6-7H2,1-2H3,(H2,13,14,15). The lowest BCUT2D eigenvalue weighted by molar-refractivity contribution is 0.749. The zero-order valence-corrected chi connectivity index (χ0v) is 10.8. The minimum absolute atomic E-state index is 0.622. The normalized spacial score (nSPS) is 15.7. The minimum Gasteiger partial charge on any atom is -0.384 e. The molecule has 1 aliphatic carbocycles. The fourth-order valence-corrected chi connectivity index (χ4v) is 2.48. The second kappa shape index (κ2) is 5.04. The molecule has 0 radical (unpaired) electrons. The van der Waals surface area contributed by atoms with Gasteiger partial charge in [-0.25, -0.2) is 9.97 Å². The molecule has 3 nitrogen and oxygen atoms in total. The van der Waals surface area contributed by atoms with Crippen LogP contribution >= 0.6 is 11.8 Å². The summed E-state index contributed by atoms with van der Waals surface area (Å²) in [7, 11) is 0. The Kier molecular flexibility index (Phi) is 3.69. The third kappa shape index (κ3) is 3.37. The lowest BCUT2D eigenvalue weighted by Gasteiger charge is -2.06. The van der Waals surface area contributed by atoms with Crippen LogP contribution in [0.1, 0.15) is 44.1 Å². The number of hydrogen-bond donors (Lipinski definition) is 1. The van der Waals surface area contributed by atoms with Gasteiger partial charge in [-0.3, -0.25) is 0 Å². The first-order chi connectivity index (χ1) is 7.65. The van der Waals surface area contributed by atoms with Crippen LogP contribution in [-0.2, 0) is 5.75 Å². The molecule has 1 saturated carbocycles. The van der Waals surface area contributed by atoms with Gasteiger partial charge in [-0.2, -0.15) is 11.8 Å². The minimum atomic E-state index is 0.622. The van der Waals surface area contributed by atoms with E-state index in [1.807, 2.05) is 17.8 Å². The molecule has 1 aromatic rings. The highest BCUT2D eigenvalue weighted by Crippen LogP contribution is 2.39. The smallest absolute Gasteiger partial charge is 0.140 e. The summed E-state index contributed by atoms with van der Waals surface area (Å²) in [4.78, 5) is 8.87. The first kappa shape index (κ1) is 11.7. The van der Waals surface area contributed by atoms with Crippen molar-refractivity contribution in [1.82, 2.24) is 9.97 Å². The van der Waals surface area contributed by atoms with Gasteiger partial charge in [0.05, 0.1) is 5.75 Å². The Morgan fingerprint density at radius 2 is 2.19 bits per heavy atom. The largest absolute Gasteiger partial charge is 0.384 e. The van der Waals surface area contributed by atoms with E-state index in [2.05, 4.69) is 23.8 Å². The molecule has 1 aliphatic rings. The van der Waals surface area contributed by atoms with Crippen LogP contribution in [-0.4, -0.2) is 15.7 Å². The van der Waals surface area contributed by atoms with E-state index in [4.69, 9.17) is 5.73 Å². The molecule has 1 aromatic heterocycles. The molecular weight excluding hydrogens is 218 g/mol. The van der Waals surface area contributed by atoms with E-state index in [-0.39, 0.29) is 0 Å². The number of rotatable bonds is 5. The molecule has 0 saturated heterocycles. The Morgan fingerprint density at radius 1 is 1.44 bits per heavy atom. The predicted octanol–water partition coefficient (Wildman–Crippen LogP) is 2.83. The summed E-state index contributed by atoms with van der Waals surface area (Å²) in [5.74, 6) is 4.91. The summed E-state index contributed by atoms with van der Waals surface area (Å²) in [6.45, 7) is 4.45. The van der Waals surface area contributed by atoms with Gasteiger partial charge in [-0.15, -0.1) is 0 Å². The average Bonchev–Trinajstić information content (AvgIpc) is 2.99. The van der Waals surface area contributed by atoms with Crippen molar-refractivity contribution in [2.24, 2.45) is 5.92 Å². The van der Waals surface area contributed by atoms with Gasteiger partial charge in [-0.05, 0) is 24.5 Å². The maximum Gasteiger partial charge on any atom is 0.140 e. The average molecular weight is 237 g/mol. The molecule has 1 fully saturated rings. The molecule has 2 rings (SSSR count). The van der Waals surface area contributed by atoms with E-state index < -0.39 is 0 Å². The van der Waals surface area contributed by atoms with E-state index >= 15 is 0 Å². The van der Waals surface area contributed by atoms with Crippen molar-refractivity contribution in [3.05, 3.63) is 17.6 Å². The molecule has 0 aromatic carbocycles. The first-order valence-corrected chi connectivity index (χ1v) is 7.01. The van der Waals surface area contributed by atoms with Crippen LogP contribution in [0.5, 0.6) is 0 Å².